The average Bonchev–Trinajstić information content (AvgIpc) is 1.63. The molecule has 2 bridgehead atoms. The van der Waals surface area contributed by atoms with Crippen LogP contribution in [0.1, 0.15) is 87.2 Å². The molecule has 2 fully saturated rings. The number of carbonyl (C=O) groups excluding carboxylic acids is 2. The van der Waals surface area contributed by atoms with Crippen LogP contribution < -0.4 is 30.7 Å². The number of nitrogens with one attached hydrogen (secondary N) is 3. The molecule has 107 heavy (non-hydrogen) atoms. The zero-order valence-corrected chi connectivity index (χ0v) is 59.6. The van der Waals surface area contributed by atoms with Gasteiger partial charge in [0.15, 0.2) is 24.9 Å². The highest BCUT2D eigenvalue weighted by atomic mass is 32.2. The van der Waals surface area contributed by atoms with Crippen molar-refractivity contribution >= 4 is 83.9 Å². The van der Waals surface area contributed by atoms with Gasteiger partial charge in [0.25, 0.3) is 0 Å². The van der Waals surface area contributed by atoms with Crippen LogP contribution in [0.2, 0.25) is 0 Å². The molecule has 0 spiro atoms. The van der Waals surface area contributed by atoms with Crippen molar-refractivity contribution in [2.24, 2.45) is 4.99 Å². The quantitative estimate of drug-likeness (QED) is 0.0926. The molecule has 9 unspecified atom stereocenters. The first kappa shape index (κ1) is 66.8. The third-order valence-electron chi connectivity index (χ3n) is 20.6. The molecule has 13 aromatic rings. The number of para-hydroxylation sites is 7. The SMILES string of the molecule is O=C(C[C@H]1S2=CCC1(c1ccccc1)N=C2c1cccnc1)Nc1ccccc1.O=C(Nc1ccccc1)C1c2ccccc2N2C(c3cccnc3)OC12.c1ccc(NCC2c3ccccc3N3C(c4cccnc4)OC23)cc1.c1cncc(-c2nc3c(s2)C2OCc4ccccc4N2c2ccccc2-3)c1. The Balaban J connectivity index is 0.000000101. The molecule has 5 aromatic heterocycles. The molecule has 8 aliphatic heterocycles. The number of aliphatic imine (C=N–C) groups is 1. The molecule has 0 radical (unpaired) electrons. The molecule has 526 valence electrons. The lowest BCUT2D eigenvalue weighted by Crippen LogP contribution is -2.54. The number of benzene rings is 8. The predicted molar refractivity (Wildman–Crippen MR) is 425 cm³/mol. The number of fused-ring (bicyclic) bond motifs is 16. The van der Waals surface area contributed by atoms with E-state index in [0.717, 1.165) is 95.4 Å². The first-order valence-corrected chi connectivity index (χ1v) is 38.0. The van der Waals surface area contributed by atoms with E-state index >= 15 is 0 Å². The molecule has 13 heterocycles. The van der Waals surface area contributed by atoms with Crippen molar-refractivity contribution < 1.29 is 23.8 Å². The summed E-state index contributed by atoms with van der Waals surface area (Å²) in [7, 11) is -0.181. The average molecular weight is 1440 g/mol. The fourth-order valence-electron chi connectivity index (χ4n) is 15.6. The van der Waals surface area contributed by atoms with Crippen LogP contribution in [-0.4, -0.2) is 71.4 Å². The number of pyridine rings is 4. The van der Waals surface area contributed by atoms with E-state index in [-0.39, 0.29) is 70.1 Å². The second-order valence-corrected chi connectivity index (χ2v) is 30.0. The van der Waals surface area contributed by atoms with Gasteiger partial charge in [-0.2, -0.15) is 0 Å². The predicted octanol–water partition coefficient (Wildman–Crippen LogP) is 18.0. The molecule has 17 nitrogen and oxygen atoms in total. The summed E-state index contributed by atoms with van der Waals surface area (Å²) in [6, 6.07) is 89.4. The van der Waals surface area contributed by atoms with Crippen molar-refractivity contribution in [1.82, 2.24) is 24.9 Å². The van der Waals surface area contributed by atoms with Crippen LogP contribution in [-0.2, 0) is 35.9 Å². The van der Waals surface area contributed by atoms with Crippen LogP contribution in [0, 0.1) is 0 Å². The van der Waals surface area contributed by atoms with Crippen LogP contribution in [0.15, 0.2) is 321 Å². The Morgan fingerprint density at radius 1 is 0.514 bits per heavy atom. The number of rotatable bonds is 13. The fourth-order valence-corrected chi connectivity index (χ4v) is 19.5. The van der Waals surface area contributed by atoms with E-state index in [9.17, 15) is 9.59 Å². The zero-order valence-electron chi connectivity index (χ0n) is 57.9. The number of ether oxygens (including phenoxy) is 3. The Kier molecular flexibility index (Phi) is 18.4. The number of amides is 2. The highest BCUT2D eigenvalue weighted by Gasteiger charge is 2.56. The standard InChI is InChI=1S/C24H21N3OS.C22H15N3OS.C21H17N3O2.C21H19N3O/c28-22(26-20-11-5-2-6-12-20)16-21-24(19-9-3-1-4-10-19)13-15-29(21)23(27-24)18-8-7-14-25-17-18;1-3-9-17-15(6-1)13-26-22-20-19(16-8-2-4-10-18(16)25(17)22)24-21(27-20)14-7-5-11-23-12-14;25-19(23-15-8-2-1-3-9-15)18-16-10-4-5-11-17(16)24-20(26-21(18)24)14-7-6-12-22-13-14;1-2-8-16(9-3-1)23-14-18-17-10-4-5-11-19(17)24-20(25-21(18)24)15-7-6-12-22-13-15/h1-12,14-15,17,21H,13,16H2,(H,26,28);1-12,22H,13H2;1-13,18,20-21H,(H,23,25);1-13,18,20-21,23H,14H2/t21-,24?,29?;;;/m1.../s1. The fraction of sp³-hybridized carbons (Fsp3) is 0.148. The summed E-state index contributed by atoms with van der Waals surface area (Å²) in [6.07, 6.45) is 15.3. The lowest BCUT2D eigenvalue weighted by atomic mass is 9.83. The van der Waals surface area contributed by atoms with Crippen molar-refractivity contribution in [2.45, 2.75) is 73.2 Å². The number of carbonyl (C=O) groups is 2. The molecule has 2 saturated heterocycles. The van der Waals surface area contributed by atoms with Crippen molar-refractivity contribution in [1.29, 1.82) is 0 Å². The topological polar surface area (TPSA) is 184 Å². The molecule has 8 aromatic carbocycles. The summed E-state index contributed by atoms with van der Waals surface area (Å²) in [5.74, 6) is -0.0682. The van der Waals surface area contributed by atoms with Crippen LogP contribution in [0.4, 0.5) is 39.8 Å². The van der Waals surface area contributed by atoms with Crippen molar-refractivity contribution in [3.8, 4) is 21.8 Å². The summed E-state index contributed by atoms with van der Waals surface area (Å²) >= 11 is 1.69. The number of thiazole rings is 1. The van der Waals surface area contributed by atoms with Crippen molar-refractivity contribution in [2.75, 3.05) is 37.2 Å². The van der Waals surface area contributed by atoms with Crippen molar-refractivity contribution in [3.63, 3.8) is 0 Å². The molecule has 10 atom stereocenters. The Bertz CT molecular complexity index is 5410. The lowest BCUT2D eigenvalue weighted by molar-refractivity contribution is -0.142. The van der Waals surface area contributed by atoms with Gasteiger partial charge >= 0.3 is 0 Å². The maximum atomic E-state index is 13.0. The van der Waals surface area contributed by atoms with E-state index < -0.39 is 0 Å². The normalized spacial score (nSPS) is 22.0. The molecule has 2 amide bonds. The molecule has 0 aliphatic carbocycles. The van der Waals surface area contributed by atoms with Crippen LogP contribution in [0.25, 0.3) is 21.8 Å². The third kappa shape index (κ3) is 12.8. The Morgan fingerprint density at radius 2 is 1.06 bits per heavy atom. The first-order chi connectivity index (χ1) is 52.9. The highest BCUT2D eigenvalue weighted by molar-refractivity contribution is 8.29. The van der Waals surface area contributed by atoms with Crippen LogP contribution in [0.5, 0.6) is 0 Å². The minimum Gasteiger partial charge on any atom is -0.384 e. The lowest BCUT2D eigenvalue weighted by Gasteiger charge is -2.47. The molecular formula is C88H72N12O5S2. The van der Waals surface area contributed by atoms with Gasteiger partial charge in [0.2, 0.25) is 11.8 Å². The van der Waals surface area contributed by atoms with E-state index in [2.05, 4.69) is 195 Å². The van der Waals surface area contributed by atoms with Crippen LogP contribution >= 0.6 is 21.8 Å². The zero-order chi connectivity index (χ0) is 71.6. The van der Waals surface area contributed by atoms with Gasteiger partial charge in [-0.3, -0.25) is 34.5 Å². The van der Waals surface area contributed by atoms with E-state index in [0.29, 0.717) is 18.9 Å². The van der Waals surface area contributed by atoms with Gasteiger partial charge in [-0.25, -0.2) is 4.98 Å². The van der Waals surface area contributed by atoms with Gasteiger partial charge in [-0.05, 0) is 114 Å². The number of aromatic nitrogens is 5. The molecule has 19 heteroatoms. The second kappa shape index (κ2) is 29.4. The Labute approximate surface area is 626 Å². The number of hydrogen-bond donors (Lipinski definition) is 3. The largest absolute Gasteiger partial charge is 0.384 e. The van der Waals surface area contributed by atoms with E-state index in [1.807, 2.05) is 146 Å². The molecule has 0 saturated carbocycles. The number of nitrogens with zero attached hydrogens (tertiary/aromatic N) is 9. The van der Waals surface area contributed by atoms with Crippen LogP contribution in [0.3, 0.4) is 0 Å². The summed E-state index contributed by atoms with van der Waals surface area (Å²) in [5, 5.41) is 14.1. The van der Waals surface area contributed by atoms with E-state index in [4.69, 9.17) is 24.2 Å². The van der Waals surface area contributed by atoms with E-state index in [1.165, 1.54) is 28.1 Å². The van der Waals surface area contributed by atoms with E-state index in [1.54, 1.807) is 42.3 Å². The second-order valence-electron chi connectivity index (χ2n) is 26.9. The van der Waals surface area contributed by atoms with Gasteiger partial charge in [0.1, 0.15) is 22.7 Å². The minimum atomic E-state index is -0.371. The Hall–Kier alpha value is -12.1. The molecule has 21 rings (SSSR count). The monoisotopic (exact) mass is 1440 g/mol. The maximum Gasteiger partial charge on any atom is 0.236 e. The van der Waals surface area contributed by atoms with Gasteiger partial charge in [0, 0.05) is 148 Å². The third-order valence-corrected chi connectivity index (χ3v) is 24.2. The summed E-state index contributed by atoms with van der Waals surface area (Å²) in [6.45, 7) is 1.46. The summed E-state index contributed by atoms with van der Waals surface area (Å²) in [4.78, 5) is 61.1. The summed E-state index contributed by atoms with van der Waals surface area (Å²) in [5.41, 5.74) is 18.2. The smallest absolute Gasteiger partial charge is 0.236 e. The first-order valence-electron chi connectivity index (χ1n) is 35.9. The molecule has 3 N–H and O–H groups in total. The Morgan fingerprint density at radius 3 is 1.71 bits per heavy atom. The number of hydrogen-bond acceptors (Lipinski definition) is 16. The minimum absolute atomic E-state index is 0.0388. The molecule has 8 aliphatic rings. The maximum absolute atomic E-state index is 13.0. The highest BCUT2D eigenvalue weighted by Crippen LogP contribution is 2.59. The molecular weight excluding hydrogens is 1370 g/mol. The van der Waals surface area contributed by atoms with Gasteiger partial charge in [-0.15, -0.1) is 21.8 Å². The van der Waals surface area contributed by atoms with Crippen molar-refractivity contribution in [3.05, 3.63) is 360 Å². The number of anilines is 7. The van der Waals surface area contributed by atoms with Gasteiger partial charge in [0.05, 0.1) is 27.9 Å². The van der Waals surface area contributed by atoms with Gasteiger partial charge < -0.3 is 44.9 Å². The van der Waals surface area contributed by atoms with Gasteiger partial charge in [-0.1, -0.05) is 175 Å². The summed E-state index contributed by atoms with van der Waals surface area (Å²) < 4.78 is 18.7.